The maximum atomic E-state index is 11.9. The van der Waals surface area contributed by atoms with Gasteiger partial charge in [-0.3, -0.25) is 4.79 Å². The third-order valence-corrected chi connectivity index (χ3v) is 4.16. The number of aryl methyl sites for hydroxylation is 2. The van der Waals surface area contributed by atoms with Gasteiger partial charge in [0.05, 0.1) is 5.52 Å². The predicted octanol–water partition coefficient (Wildman–Crippen LogP) is 4.94. The maximum Gasteiger partial charge on any atom is 0.302 e. The van der Waals surface area contributed by atoms with E-state index in [-0.39, 0.29) is 18.2 Å². The van der Waals surface area contributed by atoms with Crippen LogP contribution in [0.1, 0.15) is 11.1 Å². The number of H-pyrrole nitrogens is 1. The minimum atomic E-state index is -0.537. The normalized spacial score (nSPS) is 11.3. The largest absolute Gasteiger partial charge is 0.493 e. The fraction of sp³-hybridized carbons (Fsp3) is 0.167. The Morgan fingerprint density at radius 2 is 2.04 bits per heavy atom. The minimum Gasteiger partial charge on any atom is -0.493 e. The number of azo groups is 1. The fourth-order valence-electron chi connectivity index (χ4n) is 2.37. The Labute approximate surface area is 152 Å². The number of nitrogens with one attached hydrogen (secondary N) is 1. The monoisotopic (exact) mass is 401 g/mol. The van der Waals surface area contributed by atoms with Gasteiger partial charge in [-0.25, -0.2) is 0 Å². The molecule has 0 bridgehead atoms. The smallest absolute Gasteiger partial charge is 0.302 e. The van der Waals surface area contributed by atoms with Crippen LogP contribution in [-0.4, -0.2) is 22.6 Å². The van der Waals surface area contributed by atoms with Gasteiger partial charge in [0.25, 0.3) is 0 Å². The van der Waals surface area contributed by atoms with Crippen LogP contribution in [0.4, 0.5) is 5.69 Å². The van der Waals surface area contributed by atoms with Crippen molar-refractivity contribution in [3.8, 4) is 11.6 Å². The number of hydrogen-bond donors (Lipinski definition) is 2. The standard InChI is InChI=1S/C18H16BrN3O3/c1-10-3-4-11(2)15(7-10)25-9-16(23)21-22-17-13-8-12(19)5-6-14(13)20-18(17)24/h3-8,20,24H,9H2,1-2H3. The van der Waals surface area contributed by atoms with Crippen LogP contribution in [-0.2, 0) is 4.79 Å². The quantitative estimate of drug-likeness (QED) is 0.606. The molecular weight excluding hydrogens is 386 g/mol. The summed E-state index contributed by atoms with van der Waals surface area (Å²) in [6.45, 7) is 3.63. The van der Waals surface area contributed by atoms with Crippen molar-refractivity contribution in [3.63, 3.8) is 0 Å². The molecule has 1 heterocycles. The van der Waals surface area contributed by atoms with Gasteiger partial charge in [0.15, 0.2) is 12.3 Å². The molecule has 2 N–H and O–H groups in total. The first-order valence-electron chi connectivity index (χ1n) is 7.59. The lowest BCUT2D eigenvalue weighted by atomic mass is 10.1. The summed E-state index contributed by atoms with van der Waals surface area (Å²) in [6, 6.07) is 11.2. The molecule has 3 rings (SSSR count). The number of ether oxygens (including phenoxy) is 1. The van der Waals surface area contributed by atoms with Crippen LogP contribution in [0.2, 0.25) is 0 Å². The van der Waals surface area contributed by atoms with Gasteiger partial charge in [-0.05, 0) is 49.2 Å². The van der Waals surface area contributed by atoms with E-state index in [1.165, 1.54) is 0 Å². The number of fused-ring (bicyclic) bond motifs is 1. The molecule has 0 saturated heterocycles. The van der Waals surface area contributed by atoms with E-state index in [1.807, 2.05) is 38.1 Å². The Balaban J connectivity index is 1.74. The summed E-state index contributed by atoms with van der Waals surface area (Å²) in [5.74, 6) is -0.0350. The van der Waals surface area contributed by atoms with Gasteiger partial charge < -0.3 is 14.8 Å². The highest BCUT2D eigenvalue weighted by Crippen LogP contribution is 2.36. The van der Waals surface area contributed by atoms with Crippen LogP contribution in [0.15, 0.2) is 51.1 Å². The Bertz CT molecular complexity index is 979. The molecular formula is C18H16BrN3O3. The molecule has 2 aromatic carbocycles. The minimum absolute atomic E-state index is 0.139. The molecule has 128 valence electrons. The number of amides is 1. The molecule has 0 aliphatic carbocycles. The zero-order chi connectivity index (χ0) is 18.0. The van der Waals surface area contributed by atoms with Gasteiger partial charge in [-0.15, -0.1) is 10.2 Å². The molecule has 1 amide bonds. The highest BCUT2D eigenvalue weighted by molar-refractivity contribution is 9.10. The van der Waals surface area contributed by atoms with E-state index in [2.05, 4.69) is 31.1 Å². The molecule has 0 unspecified atom stereocenters. The molecule has 0 radical (unpaired) electrons. The lowest BCUT2D eigenvalue weighted by molar-refractivity contribution is -0.120. The summed E-state index contributed by atoms with van der Waals surface area (Å²) in [5, 5.41) is 18.1. The molecule has 25 heavy (non-hydrogen) atoms. The first-order chi connectivity index (χ1) is 11.9. The second-order valence-electron chi connectivity index (χ2n) is 5.66. The van der Waals surface area contributed by atoms with Crippen LogP contribution < -0.4 is 4.74 Å². The van der Waals surface area contributed by atoms with Gasteiger partial charge in [-0.2, -0.15) is 0 Å². The molecule has 6 nitrogen and oxygen atoms in total. The van der Waals surface area contributed by atoms with Crippen molar-refractivity contribution in [1.82, 2.24) is 4.98 Å². The average Bonchev–Trinajstić information content (AvgIpc) is 2.88. The summed E-state index contributed by atoms with van der Waals surface area (Å²) in [5.41, 5.74) is 2.91. The van der Waals surface area contributed by atoms with Crippen molar-refractivity contribution >= 4 is 38.4 Å². The van der Waals surface area contributed by atoms with E-state index in [9.17, 15) is 9.90 Å². The summed E-state index contributed by atoms with van der Waals surface area (Å²) in [7, 11) is 0. The Kier molecular flexibility index (Phi) is 4.85. The Morgan fingerprint density at radius 3 is 2.84 bits per heavy atom. The number of benzene rings is 2. The number of aromatic amines is 1. The topological polar surface area (TPSA) is 87.0 Å². The number of hydrogen-bond acceptors (Lipinski definition) is 4. The van der Waals surface area contributed by atoms with E-state index in [0.29, 0.717) is 16.7 Å². The average molecular weight is 402 g/mol. The van der Waals surface area contributed by atoms with Crippen molar-refractivity contribution in [3.05, 3.63) is 52.0 Å². The zero-order valence-electron chi connectivity index (χ0n) is 13.7. The molecule has 0 fully saturated rings. The maximum absolute atomic E-state index is 11.9. The van der Waals surface area contributed by atoms with Crippen molar-refractivity contribution in [1.29, 1.82) is 0 Å². The molecule has 0 saturated carbocycles. The number of nitrogens with zero attached hydrogens (tertiary/aromatic N) is 2. The number of aromatic hydroxyl groups is 1. The van der Waals surface area contributed by atoms with Crippen molar-refractivity contribution in [2.75, 3.05) is 6.61 Å². The van der Waals surface area contributed by atoms with Gasteiger partial charge in [0, 0.05) is 9.86 Å². The fourth-order valence-corrected chi connectivity index (χ4v) is 2.73. The number of rotatable bonds is 4. The van der Waals surface area contributed by atoms with Crippen LogP contribution in [0.3, 0.4) is 0 Å². The van der Waals surface area contributed by atoms with E-state index >= 15 is 0 Å². The molecule has 0 aliphatic rings. The molecule has 0 spiro atoms. The lowest BCUT2D eigenvalue weighted by Gasteiger charge is -2.07. The van der Waals surface area contributed by atoms with Crippen LogP contribution in [0.5, 0.6) is 11.6 Å². The Morgan fingerprint density at radius 1 is 1.24 bits per heavy atom. The van der Waals surface area contributed by atoms with E-state index in [1.54, 1.807) is 12.1 Å². The summed E-state index contributed by atoms with van der Waals surface area (Å²) < 4.78 is 6.34. The molecule has 0 atom stereocenters. The van der Waals surface area contributed by atoms with Crippen LogP contribution in [0.25, 0.3) is 10.9 Å². The van der Waals surface area contributed by atoms with Gasteiger partial charge in [0.2, 0.25) is 5.88 Å². The first-order valence-corrected chi connectivity index (χ1v) is 8.38. The van der Waals surface area contributed by atoms with E-state index < -0.39 is 5.91 Å². The van der Waals surface area contributed by atoms with Crippen molar-refractivity contribution < 1.29 is 14.6 Å². The summed E-state index contributed by atoms with van der Waals surface area (Å²) in [4.78, 5) is 14.7. The molecule has 3 aromatic rings. The highest BCUT2D eigenvalue weighted by Gasteiger charge is 2.12. The number of carbonyl (C=O) groups excluding carboxylic acids is 1. The predicted molar refractivity (Wildman–Crippen MR) is 98.6 cm³/mol. The van der Waals surface area contributed by atoms with Gasteiger partial charge >= 0.3 is 5.91 Å². The zero-order valence-corrected chi connectivity index (χ0v) is 15.3. The van der Waals surface area contributed by atoms with Gasteiger partial charge in [0.1, 0.15) is 5.75 Å². The third-order valence-electron chi connectivity index (χ3n) is 3.67. The van der Waals surface area contributed by atoms with Crippen LogP contribution >= 0.6 is 15.9 Å². The van der Waals surface area contributed by atoms with E-state index in [0.717, 1.165) is 15.6 Å². The molecule has 1 aromatic heterocycles. The Hall–Kier alpha value is -2.67. The second kappa shape index (κ2) is 7.06. The first kappa shape index (κ1) is 17.2. The van der Waals surface area contributed by atoms with Crippen LogP contribution in [0, 0.1) is 13.8 Å². The van der Waals surface area contributed by atoms with Gasteiger partial charge in [-0.1, -0.05) is 28.1 Å². The molecule has 7 heteroatoms. The SMILES string of the molecule is Cc1ccc(C)c(OCC(=O)N=Nc2c(O)[nH]c3ccc(Br)cc23)c1. The lowest BCUT2D eigenvalue weighted by Crippen LogP contribution is -2.08. The summed E-state index contributed by atoms with van der Waals surface area (Å²) >= 11 is 3.36. The number of halogens is 1. The summed E-state index contributed by atoms with van der Waals surface area (Å²) in [6.07, 6.45) is 0. The second-order valence-corrected chi connectivity index (χ2v) is 6.58. The molecule has 0 aliphatic heterocycles. The van der Waals surface area contributed by atoms with Crippen molar-refractivity contribution in [2.24, 2.45) is 10.2 Å². The number of carbonyl (C=O) groups is 1. The highest BCUT2D eigenvalue weighted by atomic mass is 79.9. The number of aromatic nitrogens is 1. The van der Waals surface area contributed by atoms with E-state index in [4.69, 9.17) is 4.74 Å². The van der Waals surface area contributed by atoms with Crippen molar-refractivity contribution in [2.45, 2.75) is 13.8 Å². The third kappa shape index (κ3) is 3.88.